The Bertz CT molecular complexity index is 327. The van der Waals surface area contributed by atoms with Crippen LogP contribution in [0.15, 0.2) is 11.6 Å². The van der Waals surface area contributed by atoms with Crippen LogP contribution >= 0.6 is 0 Å². The van der Waals surface area contributed by atoms with Gasteiger partial charge in [0, 0.05) is 0 Å². The Morgan fingerprint density at radius 2 is 2.00 bits per heavy atom. The summed E-state index contributed by atoms with van der Waals surface area (Å²) < 4.78 is 17.2. The molecule has 0 aromatic carbocycles. The molecule has 0 unspecified atom stereocenters. The average molecular weight is 242 g/mol. The Morgan fingerprint density at radius 1 is 1.35 bits per heavy atom. The van der Waals surface area contributed by atoms with Gasteiger partial charge in [-0.05, 0) is 46.3 Å². The van der Waals surface area contributed by atoms with Gasteiger partial charge in [-0.15, -0.1) is 0 Å². The highest BCUT2D eigenvalue weighted by Gasteiger charge is 2.49. The second-order valence-corrected chi connectivity index (χ2v) is 6.15. The lowest BCUT2D eigenvalue weighted by atomic mass is 10.1. The summed E-state index contributed by atoms with van der Waals surface area (Å²) in [7, 11) is 0. The second-order valence-electron chi connectivity index (χ2n) is 6.15. The molecule has 1 heterocycles. The van der Waals surface area contributed by atoms with Crippen LogP contribution in [0, 0.1) is 0 Å². The monoisotopic (exact) mass is 242 g/mol. The Morgan fingerprint density at radius 3 is 2.59 bits per heavy atom. The molecule has 0 spiro atoms. The van der Waals surface area contributed by atoms with Crippen LogP contribution in [0.25, 0.3) is 0 Å². The third-order valence-electron chi connectivity index (χ3n) is 2.89. The summed E-state index contributed by atoms with van der Waals surface area (Å²) in [6.07, 6.45) is 0.724. The van der Waals surface area contributed by atoms with Gasteiger partial charge in [-0.1, -0.05) is 0 Å². The SMILES string of the molecule is CC(C)(C)OCC1=C[C@@H](O)[C@H]2OC(C)(C)O[C@@H]12. The van der Waals surface area contributed by atoms with Crippen molar-refractivity contribution in [1.82, 2.24) is 0 Å². The molecule has 1 N–H and O–H groups in total. The molecule has 98 valence electrons. The Hall–Kier alpha value is -0.420. The van der Waals surface area contributed by atoms with Crippen molar-refractivity contribution in [3.8, 4) is 0 Å². The molecule has 1 saturated heterocycles. The molecule has 0 aromatic rings. The molecule has 1 aliphatic heterocycles. The van der Waals surface area contributed by atoms with Crippen molar-refractivity contribution in [3.05, 3.63) is 11.6 Å². The Labute approximate surface area is 103 Å². The molecule has 1 aliphatic carbocycles. The maximum Gasteiger partial charge on any atom is 0.164 e. The van der Waals surface area contributed by atoms with Crippen LogP contribution in [0.1, 0.15) is 34.6 Å². The maximum absolute atomic E-state index is 9.89. The number of aliphatic hydroxyl groups is 1. The van der Waals surface area contributed by atoms with Crippen molar-refractivity contribution in [2.24, 2.45) is 0 Å². The van der Waals surface area contributed by atoms with Crippen LogP contribution in [0.4, 0.5) is 0 Å². The summed E-state index contributed by atoms with van der Waals surface area (Å²) in [5.74, 6) is -0.627. The van der Waals surface area contributed by atoms with E-state index in [1.54, 1.807) is 6.08 Å². The van der Waals surface area contributed by atoms with Gasteiger partial charge in [-0.3, -0.25) is 0 Å². The van der Waals surface area contributed by atoms with Crippen molar-refractivity contribution >= 4 is 0 Å². The van der Waals surface area contributed by atoms with Gasteiger partial charge in [-0.2, -0.15) is 0 Å². The van der Waals surface area contributed by atoms with E-state index in [0.29, 0.717) is 6.61 Å². The zero-order valence-corrected chi connectivity index (χ0v) is 11.2. The fourth-order valence-electron chi connectivity index (χ4n) is 2.16. The minimum Gasteiger partial charge on any atom is -0.386 e. The summed E-state index contributed by atoms with van der Waals surface area (Å²) in [4.78, 5) is 0. The maximum atomic E-state index is 9.89. The second kappa shape index (κ2) is 4.05. The standard InChI is InChI=1S/C13H22O4/c1-12(2,3)15-7-8-6-9(14)11-10(8)16-13(4,5)17-11/h6,9-11,14H,7H2,1-5H3/t9-,10+,11-/m1/s1. The van der Waals surface area contributed by atoms with Crippen LogP contribution in [-0.2, 0) is 14.2 Å². The first-order valence-corrected chi connectivity index (χ1v) is 6.06. The van der Waals surface area contributed by atoms with Crippen molar-refractivity contribution in [2.45, 2.75) is 64.3 Å². The molecule has 3 atom stereocenters. The molecule has 0 aromatic heterocycles. The van der Waals surface area contributed by atoms with Crippen molar-refractivity contribution in [2.75, 3.05) is 6.61 Å². The van der Waals surface area contributed by atoms with Crippen LogP contribution in [0.5, 0.6) is 0 Å². The number of fused-ring (bicyclic) bond motifs is 1. The quantitative estimate of drug-likeness (QED) is 0.748. The van der Waals surface area contributed by atoms with Gasteiger partial charge in [0.2, 0.25) is 0 Å². The van der Waals surface area contributed by atoms with Gasteiger partial charge < -0.3 is 19.3 Å². The summed E-state index contributed by atoms with van der Waals surface area (Å²) in [5, 5.41) is 9.89. The van der Waals surface area contributed by atoms with E-state index >= 15 is 0 Å². The lowest BCUT2D eigenvalue weighted by Crippen LogP contribution is -2.30. The molecule has 4 nitrogen and oxygen atoms in total. The van der Waals surface area contributed by atoms with Crippen LogP contribution in [0.2, 0.25) is 0 Å². The third kappa shape index (κ3) is 2.88. The molecule has 2 rings (SSSR count). The summed E-state index contributed by atoms with van der Waals surface area (Å²) in [6, 6.07) is 0. The predicted molar refractivity (Wildman–Crippen MR) is 63.6 cm³/mol. The van der Waals surface area contributed by atoms with E-state index in [0.717, 1.165) is 5.57 Å². The fraction of sp³-hybridized carbons (Fsp3) is 0.846. The zero-order chi connectivity index (χ0) is 12.8. The smallest absolute Gasteiger partial charge is 0.164 e. The summed E-state index contributed by atoms with van der Waals surface area (Å²) in [6.45, 7) is 10.2. The molecule has 2 aliphatic rings. The summed E-state index contributed by atoms with van der Waals surface area (Å²) >= 11 is 0. The minimum absolute atomic E-state index is 0.178. The van der Waals surface area contributed by atoms with Gasteiger partial charge in [0.25, 0.3) is 0 Å². The molecule has 0 radical (unpaired) electrons. The van der Waals surface area contributed by atoms with Crippen molar-refractivity contribution in [3.63, 3.8) is 0 Å². The average Bonchev–Trinajstić information content (AvgIpc) is 2.58. The largest absolute Gasteiger partial charge is 0.386 e. The van der Waals surface area contributed by atoms with E-state index in [1.165, 1.54) is 0 Å². The molecule has 17 heavy (non-hydrogen) atoms. The minimum atomic E-state index is -0.627. The molecule has 1 fully saturated rings. The highest BCUT2D eigenvalue weighted by Crippen LogP contribution is 2.38. The van der Waals surface area contributed by atoms with Gasteiger partial charge >= 0.3 is 0 Å². The third-order valence-corrected chi connectivity index (χ3v) is 2.89. The van der Waals surface area contributed by atoms with Gasteiger partial charge in [0.05, 0.1) is 12.2 Å². The molecular formula is C13H22O4. The van der Waals surface area contributed by atoms with Gasteiger partial charge in [0.1, 0.15) is 18.3 Å². The van der Waals surface area contributed by atoms with Crippen LogP contribution < -0.4 is 0 Å². The van der Waals surface area contributed by atoms with Crippen LogP contribution in [-0.4, -0.2) is 41.4 Å². The van der Waals surface area contributed by atoms with Crippen LogP contribution in [0.3, 0.4) is 0 Å². The highest BCUT2D eigenvalue weighted by atomic mass is 16.8. The first kappa shape index (κ1) is 13.0. The van der Waals surface area contributed by atoms with E-state index in [9.17, 15) is 5.11 Å². The predicted octanol–water partition coefficient (Wildman–Crippen LogP) is 1.62. The van der Waals surface area contributed by atoms with E-state index in [1.807, 2.05) is 34.6 Å². The molecular weight excluding hydrogens is 220 g/mol. The first-order chi connectivity index (χ1) is 7.68. The molecule has 0 amide bonds. The topological polar surface area (TPSA) is 47.9 Å². The lowest BCUT2D eigenvalue weighted by molar-refractivity contribution is -0.153. The molecule has 0 bridgehead atoms. The van der Waals surface area contributed by atoms with Crippen molar-refractivity contribution in [1.29, 1.82) is 0 Å². The lowest BCUT2D eigenvalue weighted by Gasteiger charge is -2.22. The van der Waals surface area contributed by atoms with Gasteiger partial charge in [-0.25, -0.2) is 0 Å². The normalized spacial score (nSPS) is 35.9. The fourth-order valence-corrected chi connectivity index (χ4v) is 2.16. The van der Waals surface area contributed by atoms with Gasteiger partial charge in [0.15, 0.2) is 5.79 Å². The summed E-state index contributed by atoms with van der Waals surface area (Å²) in [5.41, 5.74) is 0.779. The number of rotatable bonds is 2. The van der Waals surface area contributed by atoms with E-state index < -0.39 is 11.9 Å². The van der Waals surface area contributed by atoms with E-state index in [4.69, 9.17) is 14.2 Å². The number of hydrogen-bond donors (Lipinski definition) is 1. The number of ether oxygens (including phenoxy) is 3. The van der Waals surface area contributed by atoms with E-state index in [2.05, 4.69) is 0 Å². The number of aliphatic hydroxyl groups excluding tert-OH is 1. The van der Waals surface area contributed by atoms with E-state index in [-0.39, 0.29) is 17.8 Å². The zero-order valence-electron chi connectivity index (χ0n) is 11.2. The van der Waals surface area contributed by atoms with Crippen molar-refractivity contribution < 1.29 is 19.3 Å². The Balaban J connectivity index is 2.02. The first-order valence-electron chi connectivity index (χ1n) is 6.06. The Kier molecular flexibility index (Phi) is 3.11. The molecule has 0 saturated carbocycles. The highest BCUT2D eigenvalue weighted by molar-refractivity contribution is 5.25. The molecule has 4 heteroatoms. The number of hydrogen-bond acceptors (Lipinski definition) is 4.